The number of fused-ring (bicyclic) bond motifs is 1. The van der Waals surface area contributed by atoms with Crippen LogP contribution in [0.1, 0.15) is 71.6 Å². The average Bonchev–Trinajstić information content (AvgIpc) is 3.04. The van der Waals surface area contributed by atoms with Crippen LogP contribution in [0.25, 0.3) is 0 Å². The Morgan fingerprint density at radius 1 is 1.00 bits per heavy atom. The molecule has 146 valence electrons. The molecule has 1 heterocycles. The Labute approximate surface area is 162 Å². The van der Waals surface area contributed by atoms with E-state index in [1.54, 1.807) is 23.9 Å². The lowest BCUT2D eigenvalue weighted by molar-refractivity contribution is 0.0759. The molecule has 3 aliphatic rings. The van der Waals surface area contributed by atoms with Gasteiger partial charge in [-0.3, -0.25) is 0 Å². The lowest BCUT2D eigenvalue weighted by Gasteiger charge is -2.26. The maximum Gasteiger partial charge on any atom is 0.180 e. The molecule has 1 aromatic rings. The second-order valence-electron chi connectivity index (χ2n) is 8.44. The van der Waals surface area contributed by atoms with E-state index >= 15 is 0 Å². The summed E-state index contributed by atoms with van der Waals surface area (Å²) in [6.45, 7) is 5.50. The predicted octanol–water partition coefficient (Wildman–Crippen LogP) is 7.06. The third-order valence-electron chi connectivity index (χ3n) is 5.96. The van der Waals surface area contributed by atoms with Crippen LogP contribution in [0.4, 0.5) is 10.1 Å². The van der Waals surface area contributed by atoms with Gasteiger partial charge in [0.1, 0.15) is 5.82 Å². The molecule has 1 unspecified atom stereocenters. The number of hydrogen-bond donors (Lipinski definition) is 1. The molecule has 0 aromatic heterocycles. The van der Waals surface area contributed by atoms with Crippen molar-refractivity contribution in [2.45, 2.75) is 82.1 Å². The van der Waals surface area contributed by atoms with E-state index in [0.29, 0.717) is 5.92 Å². The molecule has 1 atom stereocenters. The molecule has 0 saturated heterocycles. The number of nitrogens with one attached hydrogen (secondary N) is 1. The third-order valence-corrected chi connectivity index (χ3v) is 7.02. The Morgan fingerprint density at radius 2 is 1.69 bits per heavy atom. The molecule has 1 aromatic carbocycles. The Kier molecular flexibility index (Phi) is 7.68. The van der Waals surface area contributed by atoms with Gasteiger partial charge in [0.25, 0.3) is 0 Å². The molecule has 2 saturated carbocycles. The van der Waals surface area contributed by atoms with Gasteiger partial charge in [-0.15, -0.1) is 0 Å². The molecule has 26 heavy (non-hydrogen) atoms. The minimum atomic E-state index is -0.185. The van der Waals surface area contributed by atoms with Gasteiger partial charge < -0.3 is 10.1 Å². The molecule has 1 aliphatic heterocycles. The monoisotopic (exact) mass is 379 g/mol. The van der Waals surface area contributed by atoms with Crippen LogP contribution in [0, 0.1) is 23.6 Å². The third kappa shape index (κ3) is 6.16. The molecule has 0 spiro atoms. The lowest BCUT2D eigenvalue weighted by Crippen LogP contribution is -2.22. The van der Waals surface area contributed by atoms with Gasteiger partial charge in [-0.2, -0.15) is 0 Å². The maximum absolute atomic E-state index is 13.1. The highest BCUT2D eigenvalue weighted by molar-refractivity contribution is 8.00. The first-order valence-corrected chi connectivity index (χ1v) is 11.3. The molecular weight excluding hydrogens is 345 g/mol. The largest absolute Gasteiger partial charge is 0.350 e. The highest BCUT2D eigenvalue weighted by Crippen LogP contribution is 2.39. The van der Waals surface area contributed by atoms with E-state index in [4.69, 9.17) is 4.74 Å². The summed E-state index contributed by atoms with van der Waals surface area (Å²) >= 11 is 1.57. The van der Waals surface area contributed by atoms with Crippen LogP contribution >= 0.6 is 11.8 Å². The first-order valence-electron chi connectivity index (χ1n) is 10.4. The second kappa shape index (κ2) is 9.98. The van der Waals surface area contributed by atoms with Crippen LogP contribution in [0.3, 0.4) is 0 Å². The molecule has 0 radical (unpaired) electrons. The highest BCUT2D eigenvalue weighted by atomic mass is 32.2. The van der Waals surface area contributed by atoms with Crippen LogP contribution < -0.4 is 5.32 Å². The number of anilines is 1. The fourth-order valence-corrected chi connectivity index (χ4v) is 5.08. The van der Waals surface area contributed by atoms with Gasteiger partial charge in [0, 0.05) is 4.90 Å². The Balaban J connectivity index is 0.000000236. The van der Waals surface area contributed by atoms with Crippen molar-refractivity contribution in [1.29, 1.82) is 0 Å². The van der Waals surface area contributed by atoms with Gasteiger partial charge in [0.2, 0.25) is 0 Å². The zero-order valence-electron chi connectivity index (χ0n) is 16.3. The summed E-state index contributed by atoms with van der Waals surface area (Å²) < 4.78 is 19.0. The van der Waals surface area contributed by atoms with Crippen molar-refractivity contribution in [2.75, 3.05) is 11.9 Å². The molecule has 0 amide bonds. The van der Waals surface area contributed by atoms with Gasteiger partial charge in [0.15, 0.2) is 5.56 Å². The molecule has 1 N–H and O–H groups in total. The van der Waals surface area contributed by atoms with Crippen molar-refractivity contribution >= 4 is 17.4 Å². The van der Waals surface area contributed by atoms with Crippen molar-refractivity contribution in [3.63, 3.8) is 0 Å². The first-order chi connectivity index (χ1) is 12.6. The van der Waals surface area contributed by atoms with E-state index in [1.165, 1.54) is 63.9 Å². The van der Waals surface area contributed by atoms with E-state index < -0.39 is 0 Å². The number of hydrogen-bond acceptors (Lipinski definition) is 3. The summed E-state index contributed by atoms with van der Waals surface area (Å²) in [6.07, 6.45) is 12.6. The van der Waals surface area contributed by atoms with Gasteiger partial charge in [-0.1, -0.05) is 70.6 Å². The van der Waals surface area contributed by atoms with E-state index in [9.17, 15) is 4.39 Å². The molecule has 2 fully saturated rings. The Hall–Kier alpha value is -0.740. The van der Waals surface area contributed by atoms with Crippen molar-refractivity contribution < 1.29 is 9.13 Å². The van der Waals surface area contributed by atoms with E-state index in [0.717, 1.165) is 29.0 Å². The minimum absolute atomic E-state index is 0.0591. The molecule has 0 bridgehead atoms. The van der Waals surface area contributed by atoms with Gasteiger partial charge in [0.05, 0.1) is 12.3 Å². The van der Waals surface area contributed by atoms with Gasteiger partial charge in [-0.05, 0) is 48.8 Å². The standard InChI is InChI=1S/C15H20FNOS.C7H14/c1-10-2-4-11(5-3-10)9-18-15-17-13-7-6-12(16)8-14(13)19-15;1-7-5-3-2-4-6-7/h6-8,10-11,15,17H,2-5,9H2,1H3;7H,2-6H2,1H3. The zero-order valence-corrected chi connectivity index (χ0v) is 17.1. The smallest absolute Gasteiger partial charge is 0.180 e. The number of benzene rings is 1. The predicted molar refractivity (Wildman–Crippen MR) is 109 cm³/mol. The maximum atomic E-state index is 13.1. The van der Waals surface area contributed by atoms with Crippen molar-refractivity contribution in [2.24, 2.45) is 17.8 Å². The quantitative estimate of drug-likeness (QED) is 0.607. The van der Waals surface area contributed by atoms with Crippen LogP contribution in [-0.2, 0) is 4.74 Å². The first kappa shape index (κ1) is 20.0. The zero-order chi connectivity index (χ0) is 18.4. The summed E-state index contributed by atoms with van der Waals surface area (Å²) in [7, 11) is 0. The summed E-state index contributed by atoms with van der Waals surface area (Å²) in [5, 5.41) is 3.28. The minimum Gasteiger partial charge on any atom is -0.350 e. The summed E-state index contributed by atoms with van der Waals surface area (Å²) in [6, 6.07) is 4.83. The fourth-order valence-electron chi connectivity index (χ4n) is 4.09. The van der Waals surface area contributed by atoms with Crippen LogP contribution in [0.15, 0.2) is 23.1 Å². The second-order valence-corrected chi connectivity index (χ2v) is 9.54. The van der Waals surface area contributed by atoms with Gasteiger partial charge >= 0.3 is 0 Å². The number of rotatable bonds is 3. The molecule has 4 heteroatoms. The number of thioether (sulfide) groups is 1. The summed E-state index contributed by atoms with van der Waals surface area (Å²) in [5.74, 6) is 2.42. The van der Waals surface area contributed by atoms with Crippen LogP contribution in [0.5, 0.6) is 0 Å². The molecule has 4 rings (SSSR count). The van der Waals surface area contributed by atoms with E-state index in [1.807, 2.05) is 0 Å². The van der Waals surface area contributed by atoms with E-state index in [-0.39, 0.29) is 11.4 Å². The lowest BCUT2D eigenvalue weighted by atomic mass is 9.83. The molecular formula is C22H34FNOS. The fraction of sp³-hybridized carbons (Fsp3) is 0.727. The van der Waals surface area contributed by atoms with Crippen molar-refractivity contribution in [1.82, 2.24) is 0 Å². The topological polar surface area (TPSA) is 21.3 Å². The van der Waals surface area contributed by atoms with Gasteiger partial charge in [-0.25, -0.2) is 4.39 Å². The van der Waals surface area contributed by atoms with Crippen molar-refractivity contribution in [3.8, 4) is 0 Å². The number of halogens is 1. The highest BCUT2D eigenvalue weighted by Gasteiger charge is 2.25. The Bertz CT molecular complexity index is 553. The molecule has 2 nitrogen and oxygen atoms in total. The summed E-state index contributed by atoms with van der Waals surface area (Å²) in [5.41, 5.74) is 0.921. The normalized spacial score (nSPS) is 28.7. The Morgan fingerprint density at radius 3 is 2.35 bits per heavy atom. The number of ether oxygens (including phenoxy) is 1. The van der Waals surface area contributed by atoms with E-state index in [2.05, 4.69) is 19.2 Å². The van der Waals surface area contributed by atoms with Crippen molar-refractivity contribution in [3.05, 3.63) is 24.0 Å². The summed E-state index contributed by atoms with van der Waals surface area (Å²) in [4.78, 5) is 0.947. The van der Waals surface area contributed by atoms with Crippen LogP contribution in [0.2, 0.25) is 0 Å². The van der Waals surface area contributed by atoms with Crippen LogP contribution in [-0.4, -0.2) is 12.2 Å². The SMILES string of the molecule is CC1CCC(COC2Nc3ccc(F)cc3S2)CC1.CC1CCCCC1. The average molecular weight is 380 g/mol. The molecule has 2 aliphatic carbocycles.